The van der Waals surface area contributed by atoms with Crippen molar-refractivity contribution in [2.75, 3.05) is 40.0 Å². The van der Waals surface area contributed by atoms with Gasteiger partial charge in [-0.3, -0.25) is 4.99 Å². The van der Waals surface area contributed by atoms with E-state index in [9.17, 15) is 5.11 Å². The molecule has 1 atom stereocenters. The van der Waals surface area contributed by atoms with E-state index in [0.29, 0.717) is 12.0 Å². The number of aliphatic imine (C=N–C) groups is 1. The Morgan fingerprint density at radius 3 is 2.48 bits per heavy atom. The molecule has 0 aromatic rings. The molecule has 0 heterocycles. The van der Waals surface area contributed by atoms with Crippen LogP contribution in [0, 0.1) is 10.8 Å². The predicted octanol–water partition coefficient (Wildman–Crippen LogP) is 2.55. The number of methoxy groups -OCH3 is 1. The normalized spacial score (nSPS) is 20.3. The SMILES string of the molecule is CCNC(=NCC(C)(CC)CO)NCC1(CCOC)CCCC1. The van der Waals surface area contributed by atoms with E-state index in [4.69, 9.17) is 9.73 Å². The van der Waals surface area contributed by atoms with Crippen molar-refractivity contribution in [2.24, 2.45) is 15.8 Å². The first-order valence-corrected chi connectivity index (χ1v) is 9.15. The quantitative estimate of drug-likeness (QED) is 0.426. The average Bonchev–Trinajstić information content (AvgIpc) is 3.04. The van der Waals surface area contributed by atoms with Crippen molar-refractivity contribution < 1.29 is 9.84 Å². The summed E-state index contributed by atoms with van der Waals surface area (Å²) in [6.45, 7) is 9.70. The Kier molecular flexibility index (Phi) is 8.92. The fourth-order valence-electron chi connectivity index (χ4n) is 3.12. The highest BCUT2D eigenvalue weighted by Crippen LogP contribution is 2.40. The van der Waals surface area contributed by atoms with Gasteiger partial charge >= 0.3 is 0 Å². The zero-order chi connectivity index (χ0) is 17.2. The van der Waals surface area contributed by atoms with Crippen molar-refractivity contribution in [3.8, 4) is 0 Å². The molecule has 0 aromatic heterocycles. The molecule has 0 saturated heterocycles. The maximum atomic E-state index is 9.54. The van der Waals surface area contributed by atoms with Gasteiger partial charge in [-0.1, -0.05) is 26.7 Å². The topological polar surface area (TPSA) is 65.9 Å². The lowest BCUT2D eigenvalue weighted by Gasteiger charge is -2.30. The zero-order valence-electron chi connectivity index (χ0n) is 15.6. The van der Waals surface area contributed by atoms with Crippen molar-refractivity contribution in [3.05, 3.63) is 0 Å². The van der Waals surface area contributed by atoms with Crippen molar-refractivity contribution in [2.45, 2.75) is 59.3 Å². The summed E-state index contributed by atoms with van der Waals surface area (Å²) in [5, 5.41) is 16.4. The number of hydrogen-bond acceptors (Lipinski definition) is 3. The molecule has 3 N–H and O–H groups in total. The van der Waals surface area contributed by atoms with Crippen LogP contribution in [0.15, 0.2) is 4.99 Å². The monoisotopic (exact) mass is 327 g/mol. The summed E-state index contributed by atoms with van der Waals surface area (Å²) < 4.78 is 5.30. The van der Waals surface area contributed by atoms with Gasteiger partial charge in [-0.25, -0.2) is 0 Å². The third-order valence-electron chi connectivity index (χ3n) is 5.33. The second kappa shape index (κ2) is 10.1. The average molecular weight is 328 g/mol. The van der Waals surface area contributed by atoms with Crippen LogP contribution in [0.25, 0.3) is 0 Å². The molecular formula is C18H37N3O2. The summed E-state index contributed by atoms with van der Waals surface area (Å²) in [5.74, 6) is 0.865. The first-order valence-electron chi connectivity index (χ1n) is 9.15. The van der Waals surface area contributed by atoms with Gasteiger partial charge in [-0.15, -0.1) is 0 Å². The zero-order valence-corrected chi connectivity index (χ0v) is 15.6. The second-order valence-electron chi connectivity index (χ2n) is 7.32. The first-order chi connectivity index (χ1) is 11.0. The molecule has 0 amide bonds. The number of hydrogen-bond donors (Lipinski definition) is 3. The van der Waals surface area contributed by atoms with E-state index in [1.54, 1.807) is 7.11 Å². The van der Waals surface area contributed by atoms with E-state index in [0.717, 1.165) is 38.5 Å². The number of ether oxygens (including phenoxy) is 1. The highest BCUT2D eigenvalue weighted by atomic mass is 16.5. The van der Waals surface area contributed by atoms with E-state index in [2.05, 4.69) is 31.4 Å². The number of aliphatic hydroxyl groups excluding tert-OH is 1. The van der Waals surface area contributed by atoms with Crippen LogP contribution in [0.2, 0.25) is 0 Å². The molecular weight excluding hydrogens is 290 g/mol. The summed E-state index contributed by atoms with van der Waals surface area (Å²) in [6.07, 6.45) is 7.20. The van der Waals surface area contributed by atoms with E-state index < -0.39 is 0 Å². The van der Waals surface area contributed by atoms with Crippen LogP contribution in [-0.2, 0) is 4.74 Å². The van der Waals surface area contributed by atoms with Crippen molar-refractivity contribution in [1.29, 1.82) is 0 Å². The number of aliphatic hydroxyl groups is 1. The molecule has 0 aliphatic heterocycles. The molecule has 1 aliphatic carbocycles. The number of nitrogens with zero attached hydrogens (tertiary/aromatic N) is 1. The van der Waals surface area contributed by atoms with Gasteiger partial charge in [0.2, 0.25) is 0 Å². The molecule has 1 rings (SSSR count). The molecule has 5 nitrogen and oxygen atoms in total. The number of nitrogens with one attached hydrogen (secondary N) is 2. The fourth-order valence-corrected chi connectivity index (χ4v) is 3.12. The lowest BCUT2D eigenvalue weighted by Crippen LogP contribution is -2.44. The maximum Gasteiger partial charge on any atom is 0.191 e. The first kappa shape index (κ1) is 20.2. The molecule has 23 heavy (non-hydrogen) atoms. The van der Waals surface area contributed by atoms with E-state index >= 15 is 0 Å². The Morgan fingerprint density at radius 2 is 1.96 bits per heavy atom. The van der Waals surface area contributed by atoms with Crippen LogP contribution in [0.3, 0.4) is 0 Å². The van der Waals surface area contributed by atoms with E-state index in [1.807, 2.05) is 0 Å². The molecule has 1 aliphatic rings. The largest absolute Gasteiger partial charge is 0.396 e. The fraction of sp³-hybridized carbons (Fsp3) is 0.944. The van der Waals surface area contributed by atoms with Gasteiger partial charge in [0.05, 0.1) is 13.2 Å². The molecule has 5 heteroatoms. The van der Waals surface area contributed by atoms with Crippen molar-refractivity contribution in [1.82, 2.24) is 10.6 Å². The van der Waals surface area contributed by atoms with Gasteiger partial charge in [0.1, 0.15) is 0 Å². The van der Waals surface area contributed by atoms with Crippen LogP contribution < -0.4 is 10.6 Å². The lowest BCUT2D eigenvalue weighted by molar-refractivity contribution is 0.138. The van der Waals surface area contributed by atoms with E-state index in [1.165, 1.54) is 25.7 Å². The smallest absolute Gasteiger partial charge is 0.191 e. The number of rotatable bonds is 10. The molecule has 1 saturated carbocycles. The van der Waals surface area contributed by atoms with Gasteiger partial charge in [0, 0.05) is 32.2 Å². The second-order valence-corrected chi connectivity index (χ2v) is 7.32. The summed E-state index contributed by atoms with van der Waals surface area (Å²) in [7, 11) is 1.78. The lowest BCUT2D eigenvalue weighted by atomic mass is 9.83. The standard InChI is InChI=1S/C18H37N3O2/c1-5-17(3,15-22)13-20-16(19-6-2)21-14-18(11-12-23-4)9-7-8-10-18/h22H,5-15H2,1-4H3,(H2,19,20,21). The summed E-state index contributed by atoms with van der Waals surface area (Å²) >= 11 is 0. The Morgan fingerprint density at radius 1 is 1.26 bits per heavy atom. The summed E-state index contributed by atoms with van der Waals surface area (Å²) in [6, 6.07) is 0. The maximum absolute atomic E-state index is 9.54. The highest BCUT2D eigenvalue weighted by Gasteiger charge is 2.33. The summed E-state index contributed by atoms with van der Waals surface area (Å²) in [5.41, 5.74) is 0.209. The highest BCUT2D eigenvalue weighted by molar-refractivity contribution is 5.79. The number of guanidine groups is 1. The molecule has 0 radical (unpaired) electrons. The third-order valence-corrected chi connectivity index (χ3v) is 5.33. The van der Waals surface area contributed by atoms with Gasteiger partial charge in [0.15, 0.2) is 5.96 Å². The minimum atomic E-state index is -0.135. The minimum absolute atomic E-state index is 0.135. The van der Waals surface area contributed by atoms with Crippen molar-refractivity contribution in [3.63, 3.8) is 0 Å². The predicted molar refractivity (Wildman–Crippen MR) is 96.9 cm³/mol. The Labute approximate surface area is 142 Å². The summed E-state index contributed by atoms with van der Waals surface area (Å²) in [4.78, 5) is 4.70. The molecule has 1 unspecified atom stereocenters. The van der Waals surface area contributed by atoms with Crippen LogP contribution in [0.5, 0.6) is 0 Å². The molecule has 136 valence electrons. The van der Waals surface area contributed by atoms with Gasteiger partial charge in [-0.2, -0.15) is 0 Å². The van der Waals surface area contributed by atoms with Gasteiger partial charge in [-0.05, 0) is 38.0 Å². The Hall–Kier alpha value is -0.810. The van der Waals surface area contributed by atoms with Gasteiger partial charge < -0.3 is 20.5 Å². The van der Waals surface area contributed by atoms with Crippen LogP contribution >= 0.6 is 0 Å². The van der Waals surface area contributed by atoms with Crippen LogP contribution in [0.1, 0.15) is 59.3 Å². The minimum Gasteiger partial charge on any atom is -0.396 e. The third kappa shape index (κ3) is 6.68. The molecule has 0 aromatic carbocycles. The van der Waals surface area contributed by atoms with E-state index in [-0.39, 0.29) is 12.0 Å². The molecule has 0 bridgehead atoms. The van der Waals surface area contributed by atoms with Crippen LogP contribution in [0.4, 0.5) is 0 Å². The molecule has 0 spiro atoms. The van der Waals surface area contributed by atoms with Crippen molar-refractivity contribution >= 4 is 5.96 Å². The van der Waals surface area contributed by atoms with Gasteiger partial charge in [0.25, 0.3) is 0 Å². The van der Waals surface area contributed by atoms with Crippen LogP contribution in [-0.4, -0.2) is 51.0 Å². The Balaban J connectivity index is 2.63. The Bertz CT molecular complexity index is 348. The molecule has 1 fully saturated rings.